The molecule has 0 spiro atoms. The third-order valence-corrected chi connectivity index (χ3v) is 4.62. The second-order valence-electron chi connectivity index (χ2n) is 4.18. The van der Waals surface area contributed by atoms with E-state index in [1.165, 1.54) is 0 Å². The number of hydrogen-bond acceptors (Lipinski definition) is 4. The van der Waals surface area contributed by atoms with Crippen molar-refractivity contribution in [3.05, 3.63) is 48.4 Å². The Kier molecular flexibility index (Phi) is 4.27. The van der Waals surface area contributed by atoms with Gasteiger partial charge in [0.2, 0.25) is 0 Å². The molecule has 4 nitrogen and oxygen atoms in total. The van der Waals surface area contributed by atoms with Crippen LogP contribution in [0.1, 0.15) is 12.7 Å². The fraction of sp³-hybridized carbons (Fsp3) is 0.286. The summed E-state index contributed by atoms with van der Waals surface area (Å²) < 4.78 is 28.5. The van der Waals surface area contributed by atoms with Gasteiger partial charge in [-0.15, -0.1) is 0 Å². The lowest BCUT2D eigenvalue weighted by molar-refractivity contribution is 0.513. The molecule has 102 valence electrons. The number of rotatable bonds is 6. The van der Waals surface area contributed by atoms with Gasteiger partial charge in [0.05, 0.1) is 16.9 Å². The average Bonchev–Trinajstić information content (AvgIpc) is 2.92. The van der Waals surface area contributed by atoms with Crippen molar-refractivity contribution in [3.8, 4) is 0 Å². The smallest absolute Gasteiger partial charge is 0.178 e. The van der Waals surface area contributed by atoms with Crippen molar-refractivity contribution < 1.29 is 12.8 Å². The Morgan fingerprint density at radius 3 is 2.47 bits per heavy atom. The Hall–Kier alpha value is -1.75. The molecule has 0 aliphatic carbocycles. The Balaban J connectivity index is 1.92. The zero-order chi connectivity index (χ0) is 13.7. The molecule has 1 heterocycles. The second kappa shape index (κ2) is 5.93. The molecule has 0 aliphatic heterocycles. The van der Waals surface area contributed by atoms with Crippen LogP contribution in [0.25, 0.3) is 0 Å². The van der Waals surface area contributed by atoms with Crippen molar-refractivity contribution >= 4 is 15.5 Å². The lowest BCUT2D eigenvalue weighted by atomic mass is 10.3. The summed E-state index contributed by atoms with van der Waals surface area (Å²) in [6.45, 7) is 2.39. The third-order valence-electron chi connectivity index (χ3n) is 2.87. The van der Waals surface area contributed by atoms with Crippen LogP contribution in [0.15, 0.2) is 52.0 Å². The molecule has 1 aromatic carbocycles. The molecule has 0 amide bonds. The van der Waals surface area contributed by atoms with Crippen LogP contribution < -0.4 is 5.32 Å². The lowest BCUT2D eigenvalue weighted by Crippen LogP contribution is -2.06. The summed E-state index contributed by atoms with van der Waals surface area (Å²) in [5.74, 6) is 1.05. The maximum atomic E-state index is 11.6. The molecule has 0 bridgehead atoms. The van der Waals surface area contributed by atoms with Gasteiger partial charge in [0.1, 0.15) is 5.76 Å². The van der Waals surface area contributed by atoms with Crippen LogP contribution in [-0.4, -0.2) is 20.7 Å². The first-order valence-electron chi connectivity index (χ1n) is 6.21. The van der Waals surface area contributed by atoms with E-state index in [-0.39, 0.29) is 5.75 Å². The molecular weight excluding hydrogens is 262 g/mol. The van der Waals surface area contributed by atoms with E-state index >= 15 is 0 Å². The van der Waals surface area contributed by atoms with Gasteiger partial charge in [-0.1, -0.05) is 6.92 Å². The van der Waals surface area contributed by atoms with Crippen LogP contribution >= 0.6 is 0 Å². The molecule has 1 N–H and O–H groups in total. The van der Waals surface area contributed by atoms with Gasteiger partial charge in [0, 0.05) is 18.7 Å². The Labute approximate surface area is 113 Å². The largest absolute Gasteiger partial charge is 0.469 e. The van der Waals surface area contributed by atoms with Gasteiger partial charge in [0.15, 0.2) is 9.84 Å². The summed E-state index contributed by atoms with van der Waals surface area (Å²) in [5.41, 5.74) is 0.904. The predicted molar refractivity (Wildman–Crippen MR) is 75.1 cm³/mol. The van der Waals surface area contributed by atoms with E-state index in [0.29, 0.717) is 4.90 Å². The number of anilines is 1. The summed E-state index contributed by atoms with van der Waals surface area (Å²) in [7, 11) is -3.11. The van der Waals surface area contributed by atoms with Crippen molar-refractivity contribution in [2.45, 2.75) is 18.2 Å². The van der Waals surface area contributed by atoms with Crippen LogP contribution in [0.5, 0.6) is 0 Å². The van der Waals surface area contributed by atoms with Gasteiger partial charge in [-0.2, -0.15) is 0 Å². The molecule has 0 saturated carbocycles. The van der Waals surface area contributed by atoms with Crippen LogP contribution in [0, 0.1) is 0 Å². The quantitative estimate of drug-likeness (QED) is 0.883. The first kappa shape index (κ1) is 13.7. The molecule has 5 heteroatoms. The molecule has 0 radical (unpaired) electrons. The lowest BCUT2D eigenvalue weighted by Gasteiger charge is -2.06. The Morgan fingerprint density at radius 2 is 1.89 bits per heavy atom. The van der Waals surface area contributed by atoms with Gasteiger partial charge < -0.3 is 9.73 Å². The van der Waals surface area contributed by atoms with Crippen molar-refractivity contribution in [3.63, 3.8) is 0 Å². The molecule has 0 fully saturated rings. The van der Waals surface area contributed by atoms with Gasteiger partial charge in [0.25, 0.3) is 0 Å². The summed E-state index contributed by atoms with van der Waals surface area (Å²) in [4.78, 5) is 0.367. The Morgan fingerprint density at radius 1 is 1.16 bits per heavy atom. The maximum absolute atomic E-state index is 11.6. The molecule has 0 saturated heterocycles. The minimum atomic E-state index is -3.11. The number of sulfone groups is 1. The van der Waals surface area contributed by atoms with Crippen LogP contribution in [0.3, 0.4) is 0 Å². The number of furan rings is 1. The number of benzene rings is 1. The van der Waals surface area contributed by atoms with E-state index in [1.807, 2.05) is 12.1 Å². The second-order valence-corrected chi connectivity index (χ2v) is 6.46. The number of nitrogens with one attached hydrogen (secondary N) is 1. The predicted octanol–water partition coefficient (Wildman–Crippen LogP) is 2.73. The molecule has 1 aromatic heterocycles. The van der Waals surface area contributed by atoms with Gasteiger partial charge in [-0.05, 0) is 36.4 Å². The highest BCUT2D eigenvalue weighted by Gasteiger charge is 2.10. The van der Waals surface area contributed by atoms with Crippen LogP contribution in [-0.2, 0) is 16.3 Å². The normalized spacial score (nSPS) is 11.4. The Bertz CT molecular complexity index is 601. The van der Waals surface area contributed by atoms with Gasteiger partial charge in [-0.3, -0.25) is 0 Å². The van der Waals surface area contributed by atoms with E-state index in [9.17, 15) is 8.42 Å². The van der Waals surface area contributed by atoms with E-state index < -0.39 is 9.84 Å². The molecular formula is C14H17NO3S. The number of hydrogen-bond donors (Lipinski definition) is 1. The summed E-state index contributed by atoms with van der Waals surface area (Å²) in [6, 6.07) is 10.6. The van der Waals surface area contributed by atoms with Gasteiger partial charge >= 0.3 is 0 Å². The summed E-state index contributed by atoms with van der Waals surface area (Å²) >= 11 is 0. The first-order chi connectivity index (χ1) is 9.12. The van der Waals surface area contributed by atoms with Gasteiger partial charge in [-0.25, -0.2) is 8.42 Å². The molecule has 19 heavy (non-hydrogen) atoms. The SMILES string of the molecule is CCS(=O)(=O)c1ccc(NCCc2ccco2)cc1. The highest BCUT2D eigenvalue weighted by molar-refractivity contribution is 7.91. The maximum Gasteiger partial charge on any atom is 0.178 e. The zero-order valence-electron chi connectivity index (χ0n) is 10.8. The van der Waals surface area contributed by atoms with Crippen molar-refractivity contribution in [1.29, 1.82) is 0 Å². The van der Waals surface area contributed by atoms with E-state index in [1.54, 1.807) is 37.5 Å². The highest BCUT2D eigenvalue weighted by Crippen LogP contribution is 2.15. The third kappa shape index (κ3) is 3.61. The van der Waals surface area contributed by atoms with Crippen molar-refractivity contribution in [2.24, 2.45) is 0 Å². The minimum absolute atomic E-state index is 0.123. The van der Waals surface area contributed by atoms with E-state index in [4.69, 9.17) is 4.42 Å². The van der Waals surface area contributed by atoms with E-state index in [2.05, 4.69) is 5.32 Å². The molecule has 2 aromatic rings. The summed E-state index contributed by atoms with van der Waals surface area (Å²) in [6.07, 6.45) is 2.45. The van der Waals surface area contributed by atoms with Crippen molar-refractivity contribution in [1.82, 2.24) is 0 Å². The average molecular weight is 279 g/mol. The summed E-state index contributed by atoms with van der Waals surface area (Å²) in [5, 5.41) is 3.22. The van der Waals surface area contributed by atoms with Crippen LogP contribution in [0.4, 0.5) is 5.69 Å². The van der Waals surface area contributed by atoms with Crippen LogP contribution in [0.2, 0.25) is 0 Å². The standard InChI is InChI=1S/C14H17NO3S/c1-2-19(16,17)14-7-5-12(6-8-14)15-10-9-13-4-3-11-18-13/h3-8,11,15H,2,9-10H2,1H3. The van der Waals surface area contributed by atoms with Crippen molar-refractivity contribution in [2.75, 3.05) is 17.6 Å². The fourth-order valence-corrected chi connectivity index (χ4v) is 2.62. The zero-order valence-corrected chi connectivity index (χ0v) is 11.6. The first-order valence-corrected chi connectivity index (χ1v) is 7.86. The molecule has 0 atom stereocenters. The molecule has 0 aliphatic rings. The molecule has 0 unspecified atom stereocenters. The van der Waals surface area contributed by atoms with E-state index in [0.717, 1.165) is 24.4 Å². The monoisotopic (exact) mass is 279 g/mol. The molecule has 2 rings (SSSR count). The minimum Gasteiger partial charge on any atom is -0.469 e. The fourth-order valence-electron chi connectivity index (χ4n) is 1.73. The highest BCUT2D eigenvalue weighted by atomic mass is 32.2. The topological polar surface area (TPSA) is 59.3 Å².